The minimum atomic E-state index is -0.987. The molecule has 2 heterocycles. The van der Waals surface area contributed by atoms with Crippen molar-refractivity contribution in [3.05, 3.63) is 77.2 Å². The van der Waals surface area contributed by atoms with Crippen LogP contribution < -0.4 is 19.9 Å². The fourth-order valence-corrected chi connectivity index (χ4v) is 5.36. The van der Waals surface area contributed by atoms with Crippen molar-refractivity contribution in [2.24, 2.45) is 0 Å². The van der Waals surface area contributed by atoms with E-state index in [1.807, 2.05) is 24.3 Å². The second-order valence-corrected chi connectivity index (χ2v) is 9.99. The number of methoxy groups -OCH3 is 1. The number of furan rings is 1. The summed E-state index contributed by atoms with van der Waals surface area (Å²) in [5, 5.41) is 3.61. The molecule has 9 heteroatoms. The minimum Gasteiger partial charge on any atom is -0.495 e. The molecule has 3 aromatic rings. The molecule has 38 heavy (non-hydrogen) atoms. The Morgan fingerprint density at radius 3 is 2.47 bits per heavy atom. The lowest BCUT2D eigenvalue weighted by Gasteiger charge is -2.33. The van der Waals surface area contributed by atoms with Gasteiger partial charge in [-0.2, -0.15) is 0 Å². The number of ether oxygens (including phenoxy) is 2. The number of morpholine rings is 1. The molecule has 1 atom stereocenters. The number of hydrogen-bond donors (Lipinski definition) is 1. The van der Waals surface area contributed by atoms with Gasteiger partial charge in [-0.3, -0.25) is 14.5 Å². The largest absolute Gasteiger partial charge is 0.495 e. The number of rotatable bonds is 8. The number of nitrogens with zero attached hydrogens (tertiary/aromatic N) is 2. The van der Waals surface area contributed by atoms with Gasteiger partial charge in [0.05, 0.1) is 32.3 Å². The van der Waals surface area contributed by atoms with Crippen molar-refractivity contribution in [1.29, 1.82) is 0 Å². The summed E-state index contributed by atoms with van der Waals surface area (Å²) >= 11 is 6.39. The molecule has 2 aliphatic rings. The number of carbonyl (C=O) groups is 2. The lowest BCUT2D eigenvalue weighted by molar-refractivity contribution is -0.123. The van der Waals surface area contributed by atoms with E-state index in [9.17, 15) is 9.59 Å². The van der Waals surface area contributed by atoms with Crippen LogP contribution in [0.1, 0.15) is 47.8 Å². The summed E-state index contributed by atoms with van der Waals surface area (Å²) in [6.07, 6.45) is 5.41. The first-order chi connectivity index (χ1) is 18.5. The van der Waals surface area contributed by atoms with Crippen LogP contribution in [0.5, 0.6) is 5.75 Å². The molecule has 5 rings (SSSR count). The first kappa shape index (κ1) is 26.1. The maximum absolute atomic E-state index is 14.0. The summed E-state index contributed by atoms with van der Waals surface area (Å²) in [5.41, 5.74) is 2.08. The maximum atomic E-state index is 14.0. The van der Waals surface area contributed by atoms with Crippen LogP contribution in [-0.4, -0.2) is 51.3 Å². The number of hydrogen-bond acceptors (Lipinski definition) is 6. The van der Waals surface area contributed by atoms with Crippen molar-refractivity contribution < 1.29 is 23.5 Å². The molecule has 200 valence electrons. The zero-order chi connectivity index (χ0) is 26.5. The molecule has 1 aromatic heterocycles. The van der Waals surface area contributed by atoms with E-state index in [0.717, 1.165) is 44.5 Å². The molecule has 1 saturated carbocycles. The van der Waals surface area contributed by atoms with E-state index in [-0.39, 0.29) is 17.7 Å². The summed E-state index contributed by atoms with van der Waals surface area (Å²) in [4.78, 5) is 31.7. The summed E-state index contributed by atoms with van der Waals surface area (Å²) in [6.45, 7) is 2.95. The molecule has 0 radical (unpaired) electrons. The zero-order valence-corrected chi connectivity index (χ0v) is 22.2. The average molecular weight is 538 g/mol. The summed E-state index contributed by atoms with van der Waals surface area (Å²) in [6, 6.07) is 15.1. The predicted octanol–water partition coefficient (Wildman–Crippen LogP) is 5.23. The van der Waals surface area contributed by atoms with Crippen molar-refractivity contribution in [2.75, 3.05) is 43.2 Å². The van der Waals surface area contributed by atoms with Gasteiger partial charge in [-0.1, -0.05) is 36.6 Å². The molecule has 1 aliphatic carbocycles. The fraction of sp³-hybridized carbons (Fsp3) is 0.379. The first-order valence-electron chi connectivity index (χ1n) is 13.0. The Bertz CT molecular complexity index is 1240. The Morgan fingerprint density at radius 1 is 1.08 bits per heavy atom. The molecule has 1 aliphatic heterocycles. The highest BCUT2D eigenvalue weighted by Crippen LogP contribution is 2.38. The molecule has 1 saturated heterocycles. The number of carbonyl (C=O) groups excluding carboxylic acids is 2. The first-order valence-corrected chi connectivity index (χ1v) is 13.4. The average Bonchev–Trinajstić information content (AvgIpc) is 3.67. The number of halogens is 1. The van der Waals surface area contributed by atoms with Crippen LogP contribution in [-0.2, 0) is 9.53 Å². The van der Waals surface area contributed by atoms with Gasteiger partial charge in [0.15, 0.2) is 5.76 Å². The topological polar surface area (TPSA) is 84.2 Å². The zero-order valence-electron chi connectivity index (χ0n) is 21.4. The van der Waals surface area contributed by atoms with Crippen molar-refractivity contribution in [1.82, 2.24) is 5.32 Å². The van der Waals surface area contributed by atoms with E-state index in [0.29, 0.717) is 35.2 Å². The van der Waals surface area contributed by atoms with Crippen LogP contribution in [0, 0.1) is 0 Å². The monoisotopic (exact) mass is 537 g/mol. The van der Waals surface area contributed by atoms with E-state index in [1.165, 1.54) is 18.3 Å². The molecular formula is C29H32ClN3O5. The van der Waals surface area contributed by atoms with Gasteiger partial charge >= 0.3 is 0 Å². The Labute approximate surface area is 227 Å². The van der Waals surface area contributed by atoms with Crippen LogP contribution in [0.3, 0.4) is 0 Å². The van der Waals surface area contributed by atoms with Gasteiger partial charge < -0.3 is 24.1 Å². The Kier molecular flexibility index (Phi) is 8.20. The quantitative estimate of drug-likeness (QED) is 0.424. The van der Waals surface area contributed by atoms with Gasteiger partial charge in [0.25, 0.3) is 5.91 Å². The predicted molar refractivity (Wildman–Crippen MR) is 146 cm³/mol. The lowest BCUT2D eigenvalue weighted by Crippen LogP contribution is -2.46. The summed E-state index contributed by atoms with van der Waals surface area (Å²) < 4.78 is 16.6. The van der Waals surface area contributed by atoms with Crippen LogP contribution in [0.2, 0.25) is 5.02 Å². The van der Waals surface area contributed by atoms with Gasteiger partial charge in [0.1, 0.15) is 11.8 Å². The van der Waals surface area contributed by atoms with E-state index in [2.05, 4.69) is 10.2 Å². The van der Waals surface area contributed by atoms with Crippen molar-refractivity contribution in [3.63, 3.8) is 0 Å². The van der Waals surface area contributed by atoms with Crippen LogP contribution >= 0.6 is 11.6 Å². The highest BCUT2D eigenvalue weighted by molar-refractivity contribution is 6.31. The van der Waals surface area contributed by atoms with Crippen molar-refractivity contribution in [3.8, 4) is 5.75 Å². The van der Waals surface area contributed by atoms with Gasteiger partial charge in [0.2, 0.25) is 5.91 Å². The third-order valence-corrected chi connectivity index (χ3v) is 7.38. The van der Waals surface area contributed by atoms with E-state index < -0.39 is 11.9 Å². The second kappa shape index (κ2) is 11.9. The van der Waals surface area contributed by atoms with Crippen LogP contribution in [0.15, 0.2) is 65.3 Å². The Hall–Kier alpha value is -3.49. The minimum absolute atomic E-state index is 0.0689. The summed E-state index contributed by atoms with van der Waals surface area (Å²) in [5.74, 6) is -0.217. The van der Waals surface area contributed by atoms with Gasteiger partial charge in [-0.15, -0.1) is 0 Å². The molecule has 0 bridgehead atoms. The number of amides is 2. The normalized spacial score (nSPS) is 16.7. The second-order valence-electron chi connectivity index (χ2n) is 9.55. The Morgan fingerprint density at radius 2 is 1.82 bits per heavy atom. The maximum Gasteiger partial charge on any atom is 0.295 e. The molecular weight excluding hydrogens is 506 g/mol. The number of benzene rings is 2. The van der Waals surface area contributed by atoms with Crippen LogP contribution in [0.25, 0.3) is 0 Å². The van der Waals surface area contributed by atoms with E-state index >= 15 is 0 Å². The van der Waals surface area contributed by atoms with Crippen molar-refractivity contribution >= 4 is 34.8 Å². The summed E-state index contributed by atoms with van der Waals surface area (Å²) in [7, 11) is 1.52. The van der Waals surface area contributed by atoms with Gasteiger partial charge in [0, 0.05) is 29.8 Å². The molecule has 2 fully saturated rings. The molecule has 2 amide bonds. The van der Waals surface area contributed by atoms with E-state index in [1.54, 1.807) is 30.3 Å². The molecule has 8 nitrogen and oxygen atoms in total. The highest BCUT2D eigenvalue weighted by atomic mass is 35.5. The molecule has 1 N–H and O–H groups in total. The third kappa shape index (κ3) is 5.66. The smallest absolute Gasteiger partial charge is 0.295 e. The standard InChI is InChI=1S/C29H32ClN3O5/c1-36-25-13-10-21(30)19-24(25)33(29(35)26-7-4-16-38-26)27(28(34)31-22-5-2-3-6-22)20-8-11-23(12-9-20)32-14-17-37-18-15-32/h4,7-13,16,19,22,27H,2-3,5-6,14-15,17-18H2,1H3,(H,31,34)/t27-/m0/s1. The fourth-order valence-electron chi connectivity index (χ4n) is 5.19. The molecule has 0 unspecified atom stereocenters. The SMILES string of the molecule is COc1ccc(Cl)cc1N(C(=O)c1ccco1)[C@H](C(=O)NC1CCCC1)c1ccc(N2CCOCC2)cc1. The Balaban J connectivity index is 1.59. The number of nitrogens with one attached hydrogen (secondary N) is 1. The van der Waals surface area contributed by atoms with Crippen molar-refractivity contribution in [2.45, 2.75) is 37.8 Å². The third-order valence-electron chi connectivity index (χ3n) is 7.14. The molecule has 0 spiro atoms. The van der Waals surface area contributed by atoms with Crippen LogP contribution in [0.4, 0.5) is 11.4 Å². The van der Waals surface area contributed by atoms with E-state index in [4.69, 9.17) is 25.5 Å². The van der Waals surface area contributed by atoms with Gasteiger partial charge in [-0.05, 0) is 60.9 Å². The van der Waals surface area contributed by atoms with Gasteiger partial charge in [-0.25, -0.2) is 0 Å². The number of anilines is 2. The molecule has 2 aromatic carbocycles. The highest BCUT2D eigenvalue weighted by Gasteiger charge is 2.37. The lowest BCUT2D eigenvalue weighted by atomic mass is 10.0.